The molecule has 0 bridgehead atoms. The van der Waals surface area contributed by atoms with Crippen molar-refractivity contribution in [1.82, 2.24) is 10.2 Å². The fourth-order valence-corrected chi connectivity index (χ4v) is 7.84. The van der Waals surface area contributed by atoms with E-state index in [1.54, 1.807) is 41.3 Å². The number of hydrogen-bond acceptors (Lipinski definition) is 4. The van der Waals surface area contributed by atoms with E-state index >= 15 is 0 Å². The van der Waals surface area contributed by atoms with Gasteiger partial charge in [0, 0.05) is 19.0 Å². The van der Waals surface area contributed by atoms with Gasteiger partial charge < -0.3 is 10.2 Å². The second-order valence-corrected chi connectivity index (χ2v) is 14.7. The van der Waals surface area contributed by atoms with E-state index in [1.807, 2.05) is 87.5 Å². The number of carbonyl (C=O) groups is 2. The molecule has 1 atom stereocenters. The van der Waals surface area contributed by atoms with Crippen LogP contribution in [-0.2, 0) is 39.0 Å². The summed E-state index contributed by atoms with van der Waals surface area (Å²) in [6, 6.07) is 30.8. The Morgan fingerprint density at radius 3 is 2.02 bits per heavy atom. The first-order chi connectivity index (χ1) is 23.2. The van der Waals surface area contributed by atoms with E-state index in [0.717, 1.165) is 59.9 Å². The lowest BCUT2D eigenvalue weighted by Crippen LogP contribution is -2.55. The quantitative estimate of drug-likeness (QED) is 0.164. The minimum absolute atomic E-state index is 0.0516. The largest absolute Gasteiger partial charge is 0.352 e. The lowest BCUT2D eigenvalue weighted by Gasteiger charge is -2.35. The first kappa shape index (κ1) is 34.9. The molecule has 1 unspecified atom stereocenters. The number of sulfonamides is 1. The van der Waals surface area contributed by atoms with Crippen molar-refractivity contribution in [2.24, 2.45) is 0 Å². The molecule has 7 nitrogen and oxygen atoms in total. The lowest BCUT2D eigenvalue weighted by molar-refractivity contribution is -0.140. The third-order valence-electron chi connectivity index (χ3n) is 9.23. The average molecular weight is 666 g/mol. The maximum atomic E-state index is 14.8. The molecule has 0 spiro atoms. The number of carbonyl (C=O) groups excluding carboxylic acids is 2. The molecule has 1 saturated carbocycles. The van der Waals surface area contributed by atoms with E-state index < -0.39 is 28.5 Å². The molecule has 1 aliphatic carbocycles. The Morgan fingerprint density at radius 1 is 0.771 bits per heavy atom. The normalized spacial score (nSPS) is 14.2. The van der Waals surface area contributed by atoms with Crippen LogP contribution in [0.1, 0.15) is 66.8 Å². The molecule has 1 aliphatic rings. The van der Waals surface area contributed by atoms with Gasteiger partial charge in [-0.25, -0.2) is 8.42 Å². The third kappa shape index (κ3) is 8.72. The Hall–Kier alpha value is -4.43. The van der Waals surface area contributed by atoms with Crippen LogP contribution in [0.4, 0.5) is 5.69 Å². The smallest absolute Gasteiger partial charge is 0.264 e. The molecule has 4 aromatic carbocycles. The zero-order valence-corrected chi connectivity index (χ0v) is 29.1. The van der Waals surface area contributed by atoms with Gasteiger partial charge in [0.1, 0.15) is 12.6 Å². The maximum absolute atomic E-state index is 14.8. The van der Waals surface area contributed by atoms with Crippen LogP contribution >= 0.6 is 0 Å². The van der Waals surface area contributed by atoms with Crippen molar-refractivity contribution in [3.8, 4) is 0 Å². The Bertz CT molecular complexity index is 1770. The summed E-state index contributed by atoms with van der Waals surface area (Å²) in [7, 11) is -4.15. The summed E-state index contributed by atoms with van der Waals surface area (Å²) in [6.45, 7) is 5.57. The van der Waals surface area contributed by atoms with Gasteiger partial charge in [0.05, 0.1) is 10.6 Å². The highest BCUT2D eigenvalue weighted by molar-refractivity contribution is 7.92. The van der Waals surface area contributed by atoms with Crippen LogP contribution < -0.4 is 9.62 Å². The fourth-order valence-electron chi connectivity index (χ4n) is 6.39. The number of amides is 2. The van der Waals surface area contributed by atoms with Gasteiger partial charge in [-0.15, -0.1) is 0 Å². The van der Waals surface area contributed by atoms with Gasteiger partial charge in [-0.2, -0.15) is 0 Å². The first-order valence-corrected chi connectivity index (χ1v) is 18.5. The van der Waals surface area contributed by atoms with Gasteiger partial charge in [-0.3, -0.25) is 13.9 Å². The van der Waals surface area contributed by atoms with Gasteiger partial charge >= 0.3 is 0 Å². The summed E-state index contributed by atoms with van der Waals surface area (Å²) in [4.78, 5) is 30.8. The number of benzene rings is 4. The summed E-state index contributed by atoms with van der Waals surface area (Å²) >= 11 is 0. The van der Waals surface area contributed by atoms with Crippen molar-refractivity contribution in [1.29, 1.82) is 0 Å². The Kier molecular flexibility index (Phi) is 11.7. The highest BCUT2D eigenvalue weighted by atomic mass is 32.2. The van der Waals surface area contributed by atoms with Gasteiger partial charge in [0.2, 0.25) is 11.8 Å². The molecule has 0 saturated heterocycles. The van der Waals surface area contributed by atoms with Crippen LogP contribution in [0.3, 0.4) is 0 Å². The molecule has 252 valence electrons. The second kappa shape index (κ2) is 16.1. The summed E-state index contributed by atoms with van der Waals surface area (Å²) in [6.07, 6.45) is 5.97. The van der Waals surface area contributed by atoms with Crippen LogP contribution in [0.25, 0.3) is 0 Å². The number of nitrogens with zero attached hydrogens (tertiary/aromatic N) is 2. The van der Waals surface area contributed by atoms with Crippen molar-refractivity contribution in [3.05, 3.63) is 131 Å². The molecule has 2 amide bonds. The standard InChI is InChI=1S/C40H47N3O4S/c1-4-34-15-11-12-18-37(34)43(48(46,47)36-25-21-31(3)22-26-36)29-39(44)42(28-33-23-19-30(2)20-24-33)38(27-32-13-7-5-8-14-32)40(45)41-35-16-9-6-10-17-35/h5,7-8,11-15,18-26,35,38H,4,6,9-10,16-17,27-29H2,1-3H3,(H,41,45). The fraction of sp³-hybridized carbons (Fsp3) is 0.350. The zero-order chi connectivity index (χ0) is 34.1. The van der Waals surface area contributed by atoms with Gasteiger partial charge in [0.25, 0.3) is 10.0 Å². The average Bonchev–Trinajstić information content (AvgIpc) is 3.10. The molecule has 0 radical (unpaired) electrons. The van der Waals surface area contributed by atoms with Crippen LogP contribution in [0.5, 0.6) is 0 Å². The predicted molar refractivity (Wildman–Crippen MR) is 192 cm³/mol. The Labute approximate surface area is 286 Å². The lowest BCUT2D eigenvalue weighted by atomic mass is 9.94. The SMILES string of the molecule is CCc1ccccc1N(CC(=O)N(Cc1ccc(C)cc1)C(Cc1ccccc1)C(=O)NC1CCCCC1)S(=O)(=O)c1ccc(C)cc1. The number of rotatable bonds is 13. The highest BCUT2D eigenvalue weighted by Gasteiger charge is 2.36. The molecule has 0 aromatic heterocycles. The molecule has 48 heavy (non-hydrogen) atoms. The summed E-state index contributed by atoms with van der Waals surface area (Å²) < 4.78 is 30.0. The molecule has 1 N–H and O–H groups in total. The van der Waals surface area contributed by atoms with E-state index in [2.05, 4.69) is 5.32 Å². The molecule has 5 rings (SSSR count). The van der Waals surface area contributed by atoms with Crippen LogP contribution in [-0.4, -0.2) is 43.8 Å². The minimum atomic E-state index is -4.15. The highest BCUT2D eigenvalue weighted by Crippen LogP contribution is 2.29. The summed E-state index contributed by atoms with van der Waals surface area (Å²) in [5.74, 6) is -0.662. The van der Waals surface area contributed by atoms with Crippen LogP contribution in [0.2, 0.25) is 0 Å². The molecular weight excluding hydrogens is 619 g/mol. The van der Waals surface area contributed by atoms with E-state index in [1.165, 1.54) is 4.31 Å². The maximum Gasteiger partial charge on any atom is 0.264 e. The number of aryl methyl sites for hydroxylation is 3. The van der Waals surface area contributed by atoms with E-state index in [0.29, 0.717) is 18.5 Å². The topological polar surface area (TPSA) is 86.8 Å². The van der Waals surface area contributed by atoms with Gasteiger partial charge in [-0.05, 0) is 68.0 Å². The number of anilines is 1. The number of hydrogen-bond donors (Lipinski definition) is 1. The molecule has 0 heterocycles. The number of nitrogens with one attached hydrogen (secondary N) is 1. The molecular formula is C40H47N3O4S. The van der Waals surface area contributed by atoms with Gasteiger partial charge in [-0.1, -0.05) is 122 Å². The molecule has 8 heteroatoms. The van der Waals surface area contributed by atoms with Crippen LogP contribution in [0, 0.1) is 13.8 Å². The first-order valence-electron chi connectivity index (χ1n) is 17.0. The zero-order valence-electron chi connectivity index (χ0n) is 28.3. The Balaban J connectivity index is 1.58. The monoisotopic (exact) mass is 665 g/mol. The van der Waals surface area contributed by atoms with Crippen molar-refractivity contribution in [2.75, 3.05) is 10.8 Å². The second-order valence-electron chi connectivity index (χ2n) is 12.9. The van der Waals surface area contributed by atoms with Crippen molar-refractivity contribution in [2.45, 2.75) is 89.2 Å². The summed E-state index contributed by atoms with van der Waals surface area (Å²) in [5, 5.41) is 3.27. The third-order valence-corrected chi connectivity index (χ3v) is 11.0. The van der Waals surface area contributed by atoms with Crippen LogP contribution in [0.15, 0.2) is 108 Å². The van der Waals surface area contributed by atoms with Crippen molar-refractivity contribution < 1.29 is 18.0 Å². The van der Waals surface area contributed by atoms with Crippen molar-refractivity contribution >= 4 is 27.5 Å². The number of para-hydroxylation sites is 1. The van der Waals surface area contributed by atoms with E-state index in [-0.39, 0.29) is 23.4 Å². The van der Waals surface area contributed by atoms with E-state index in [4.69, 9.17) is 0 Å². The molecule has 0 aliphatic heterocycles. The van der Waals surface area contributed by atoms with Gasteiger partial charge in [0.15, 0.2) is 0 Å². The summed E-state index contributed by atoms with van der Waals surface area (Å²) in [5.41, 5.74) is 5.06. The van der Waals surface area contributed by atoms with Crippen molar-refractivity contribution in [3.63, 3.8) is 0 Å². The minimum Gasteiger partial charge on any atom is -0.352 e. The Morgan fingerprint density at radius 2 is 1.38 bits per heavy atom. The molecule has 4 aromatic rings. The molecule has 1 fully saturated rings. The van der Waals surface area contributed by atoms with E-state index in [9.17, 15) is 18.0 Å². The predicted octanol–water partition coefficient (Wildman–Crippen LogP) is 7.15.